The van der Waals surface area contributed by atoms with Crippen molar-refractivity contribution >= 4 is 40.3 Å². The molecule has 5 heteroatoms. The van der Waals surface area contributed by atoms with E-state index in [2.05, 4.69) is 0 Å². The van der Waals surface area contributed by atoms with Crippen molar-refractivity contribution in [1.29, 1.82) is 0 Å². The summed E-state index contributed by atoms with van der Waals surface area (Å²) < 4.78 is 5.96. The highest BCUT2D eigenvalue weighted by molar-refractivity contribution is 7.18. The van der Waals surface area contributed by atoms with Crippen LogP contribution in [0.15, 0.2) is 36.4 Å². The predicted molar refractivity (Wildman–Crippen MR) is 74.8 cm³/mol. The second-order valence-electron chi connectivity index (χ2n) is 3.65. The molecular weight excluding hydrogens is 291 g/mol. The summed E-state index contributed by atoms with van der Waals surface area (Å²) in [7, 11) is 0. The summed E-state index contributed by atoms with van der Waals surface area (Å²) in [6.07, 6.45) is 0. The number of carbonyl (C=O) groups is 1. The summed E-state index contributed by atoms with van der Waals surface area (Å²) >= 11 is 12.8. The number of ether oxygens (including phenoxy) is 1. The van der Waals surface area contributed by atoms with Gasteiger partial charge in [0.1, 0.15) is 6.61 Å². The van der Waals surface area contributed by atoms with E-state index < -0.39 is 0 Å². The minimum Gasteiger partial charge on any atom is -0.369 e. The number of hydrogen-bond donors (Lipinski definition) is 0. The molecule has 2 rings (SSSR count). The highest BCUT2D eigenvalue weighted by Crippen LogP contribution is 2.21. The SMILES string of the molecule is O=C(COCc1ccc(Cl)cc1)c1ccc(Cl)s1. The van der Waals surface area contributed by atoms with Crippen LogP contribution in [-0.4, -0.2) is 12.4 Å². The van der Waals surface area contributed by atoms with E-state index in [9.17, 15) is 4.79 Å². The van der Waals surface area contributed by atoms with Gasteiger partial charge in [0, 0.05) is 5.02 Å². The van der Waals surface area contributed by atoms with E-state index in [4.69, 9.17) is 27.9 Å². The van der Waals surface area contributed by atoms with E-state index in [1.165, 1.54) is 11.3 Å². The first kappa shape index (κ1) is 13.6. The lowest BCUT2D eigenvalue weighted by molar-refractivity contribution is 0.0730. The molecule has 1 heterocycles. The lowest BCUT2D eigenvalue weighted by atomic mass is 10.2. The van der Waals surface area contributed by atoms with E-state index in [1.807, 2.05) is 12.1 Å². The second-order valence-corrected chi connectivity index (χ2v) is 5.80. The zero-order valence-corrected chi connectivity index (χ0v) is 11.7. The minimum absolute atomic E-state index is 0.0548. The van der Waals surface area contributed by atoms with Gasteiger partial charge in [-0.25, -0.2) is 0 Å². The van der Waals surface area contributed by atoms with Crippen LogP contribution in [0.4, 0.5) is 0 Å². The third-order valence-electron chi connectivity index (χ3n) is 2.26. The van der Waals surface area contributed by atoms with E-state index in [1.54, 1.807) is 24.3 Å². The number of halogens is 2. The molecule has 0 aliphatic heterocycles. The molecule has 0 aliphatic rings. The van der Waals surface area contributed by atoms with Gasteiger partial charge in [-0.3, -0.25) is 4.79 Å². The molecular formula is C13H10Cl2O2S. The van der Waals surface area contributed by atoms with Crippen LogP contribution in [0.25, 0.3) is 0 Å². The smallest absolute Gasteiger partial charge is 0.198 e. The second kappa shape index (κ2) is 6.34. The maximum Gasteiger partial charge on any atom is 0.198 e. The van der Waals surface area contributed by atoms with Crippen molar-refractivity contribution in [1.82, 2.24) is 0 Å². The molecule has 0 amide bonds. The fraction of sp³-hybridized carbons (Fsp3) is 0.154. The number of thiophene rings is 1. The number of hydrogen-bond acceptors (Lipinski definition) is 3. The van der Waals surface area contributed by atoms with Gasteiger partial charge in [0.05, 0.1) is 15.8 Å². The van der Waals surface area contributed by atoms with Crippen molar-refractivity contribution in [3.63, 3.8) is 0 Å². The van der Waals surface area contributed by atoms with Gasteiger partial charge in [0.25, 0.3) is 0 Å². The van der Waals surface area contributed by atoms with Gasteiger partial charge in [-0.15, -0.1) is 11.3 Å². The summed E-state index contributed by atoms with van der Waals surface area (Å²) in [4.78, 5) is 12.3. The van der Waals surface area contributed by atoms with Crippen molar-refractivity contribution in [3.8, 4) is 0 Å². The largest absolute Gasteiger partial charge is 0.369 e. The standard InChI is InChI=1S/C13H10Cl2O2S/c14-10-3-1-9(2-4-10)7-17-8-11(16)12-5-6-13(15)18-12/h1-6H,7-8H2. The molecule has 0 saturated heterocycles. The van der Waals surface area contributed by atoms with E-state index in [0.29, 0.717) is 20.8 Å². The molecule has 2 nitrogen and oxygen atoms in total. The molecule has 0 spiro atoms. The average Bonchev–Trinajstić information content (AvgIpc) is 2.78. The van der Waals surface area contributed by atoms with Crippen molar-refractivity contribution in [3.05, 3.63) is 56.2 Å². The van der Waals surface area contributed by atoms with Gasteiger partial charge in [0.15, 0.2) is 5.78 Å². The molecule has 0 bridgehead atoms. The molecule has 18 heavy (non-hydrogen) atoms. The van der Waals surface area contributed by atoms with Crippen LogP contribution < -0.4 is 0 Å². The molecule has 0 atom stereocenters. The van der Waals surface area contributed by atoms with Gasteiger partial charge in [0.2, 0.25) is 0 Å². The Morgan fingerprint density at radius 2 is 1.83 bits per heavy atom. The zero-order chi connectivity index (χ0) is 13.0. The molecule has 0 aliphatic carbocycles. The van der Waals surface area contributed by atoms with E-state index >= 15 is 0 Å². The Kier molecular flexibility index (Phi) is 4.78. The topological polar surface area (TPSA) is 26.3 Å². The molecule has 2 aromatic rings. The first-order valence-corrected chi connectivity index (χ1v) is 6.83. The first-order valence-electron chi connectivity index (χ1n) is 5.26. The Bertz CT molecular complexity index is 534. The van der Waals surface area contributed by atoms with Gasteiger partial charge < -0.3 is 4.74 Å². The Morgan fingerprint density at radius 1 is 1.11 bits per heavy atom. The molecule has 94 valence electrons. The zero-order valence-electron chi connectivity index (χ0n) is 9.36. The summed E-state index contributed by atoms with van der Waals surface area (Å²) in [6, 6.07) is 10.7. The van der Waals surface area contributed by atoms with Crippen LogP contribution in [-0.2, 0) is 11.3 Å². The van der Waals surface area contributed by atoms with Gasteiger partial charge >= 0.3 is 0 Å². The van der Waals surface area contributed by atoms with Crippen molar-refractivity contribution in [2.75, 3.05) is 6.61 Å². The monoisotopic (exact) mass is 300 g/mol. The molecule has 0 fully saturated rings. The van der Waals surface area contributed by atoms with Crippen LogP contribution in [0.1, 0.15) is 15.2 Å². The van der Waals surface area contributed by atoms with Crippen LogP contribution in [0.3, 0.4) is 0 Å². The maximum atomic E-state index is 11.7. The summed E-state index contributed by atoms with van der Waals surface area (Å²) in [5.41, 5.74) is 0.983. The van der Waals surface area contributed by atoms with Crippen LogP contribution in [0.2, 0.25) is 9.36 Å². The predicted octanol–water partition coefficient (Wildman–Crippen LogP) is 4.45. The van der Waals surface area contributed by atoms with E-state index in [-0.39, 0.29) is 12.4 Å². The summed E-state index contributed by atoms with van der Waals surface area (Å²) in [5.74, 6) is -0.0548. The quantitative estimate of drug-likeness (QED) is 0.762. The lowest BCUT2D eigenvalue weighted by Gasteiger charge is -2.03. The normalized spacial score (nSPS) is 10.6. The highest BCUT2D eigenvalue weighted by atomic mass is 35.5. The highest BCUT2D eigenvalue weighted by Gasteiger charge is 2.08. The fourth-order valence-electron chi connectivity index (χ4n) is 1.38. The summed E-state index contributed by atoms with van der Waals surface area (Å²) in [6.45, 7) is 0.446. The number of Topliss-reactive ketones (excluding diaryl/α,β-unsaturated/α-hetero) is 1. The Morgan fingerprint density at radius 3 is 2.44 bits per heavy atom. The Balaban J connectivity index is 1.82. The van der Waals surface area contributed by atoms with Crippen LogP contribution >= 0.6 is 34.5 Å². The van der Waals surface area contributed by atoms with Crippen molar-refractivity contribution in [2.24, 2.45) is 0 Å². The molecule has 0 radical (unpaired) electrons. The molecule has 1 aromatic heterocycles. The van der Waals surface area contributed by atoms with E-state index in [0.717, 1.165) is 5.56 Å². The Hall–Kier alpha value is -0.870. The number of rotatable bonds is 5. The molecule has 0 saturated carbocycles. The molecule has 1 aromatic carbocycles. The van der Waals surface area contributed by atoms with Gasteiger partial charge in [-0.1, -0.05) is 35.3 Å². The summed E-state index contributed by atoms with van der Waals surface area (Å²) in [5, 5.41) is 0.683. The number of carbonyl (C=O) groups excluding carboxylic acids is 1. The third kappa shape index (κ3) is 3.82. The van der Waals surface area contributed by atoms with Gasteiger partial charge in [-0.2, -0.15) is 0 Å². The van der Waals surface area contributed by atoms with Gasteiger partial charge in [-0.05, 0) is 29.8 Å². The maximum absolute atomic E-state index is 11.7. The van der Waals surface area contributed by atoms with Crippen molar-refractivity contribution < 1.29 is 9.53 Å². The molecule has 0 unspecified atom stereocenters. The lowest BCUT2D eigenvalue weighted by Crippen LogP contribution is -2.07. The average molecular weight is 301 g/mol. The molecule has 0 N–H and O–H groups in total. The van der Waals surface area contributed by atoms with Crippen LogP contribution in [0.5, 0.6) is 0 Å². The fourth-order valence-corrected chi connectivity index (χ4v) is 2.47. The minimum atomic E-state index is -0.0548. The van der Waals surface area contributed by atoms with Crippen molar-refractivity contribution in [2.45, 2.75) is 6.61 Å². The number of benzene rings is 1. The third-order valence-corrected chi connectivity index (χ3v) is 3.79. The number of ketones is 1. The van der Waals surface area contributed by atoms with Crippen LogP contribution in [0, 0.1) is 0 Å². The first-order chi connectivity index (χ1) is 8.65. The Labute approximate surface area is 119 Å².